The fourth-order valence-corrected chi connectivity index (χ4v) is 2.80. The minimum atomic E-state index is 0.100. The summed E-state index contributed by atoms with van der Waals surface area (Å²) in [5, 5.41) is 10.0. The van der Waals surface area contributed by atoms with Crippen LogP contribution in [0.25, 0.3) is 10.9 Å². The fourth-order valence-electron chi connectivity index (χ4n) is 2.80. The van der Waals surface area contributed by atoms with Gasteiger partial charge in [-0.1, -0.05) is 0 Å². The summed E-state index contributed by atoms with van der Waals surface area (Å²) in [6.45, 7) is 1.78. The van der Waals surface area contributed by atoms with E-state index in [4.69, 9.17) is 5.11 Å². The quantitative estimate of drug-likeness (QED) is 0.885. The first-order valence-corrected chi connectivity index (χ1v) is 6.75. The van der Waals surface area contributed by atoms with Crippen molar-refractivity contribution in [3.63, 3.8) is 0 Å². The van der Waals surface area contributed by atoms with Gasteiger partial charge in [0.1, 0.15) is 0 Å². The molecular formula is C15H18N2O2. The summed E-state index contributed by atoms with van der Waals surface area (Å²) in [5.41, 5.74) is 1.80. The highest BCUT2D eigenvalue weighted by Gasteiger charge is 2.26. The largest absolute Gasteiger partial charge is 0.396 e. The summed E-state index contributed by atoms with van der Waals surface area (Å²) in [7, 11) is 0. The molecule has 100 valence electrons. The van der Waals surface area contributed by atoms with Crippen molar-refractivity contribution < 1.29 is 9.90 Å². The Bertz CT molecular complexity index is 591. The summed E-state index contributed by atoms with van der Waals surface area (Å²) in [5.74, 6) is 0.550. The Morgan fingerprint density at radius 1 is 1.42 bits per heavy atom. The van der Waals surface area contributed by atoms with Crippen LogP contribution in [0, 0.1) is 5.92 Å². The van der Waals surface area contributed by atoms with Crippen molar-refractivity contribution >= 4 is 16.8 Å². The van der Waals surface area contributed by atoms with Crippen molar-refractivity contribution in [2.75, 3.05) is 19.7 Å². The minimum absolute atomic E-state index is 0.100. The van der Waals surface area contributed by atoms with Crippen LogP contribution in [0.15, 0.2) is 30.5 Å². The van der Waals surface area contributed by atoms with Gasteiger partial charge in [-0.15, -0.1) is 0 Å². The second-order valence-corrected chi connectivity index (χ2v) is 5.20. The van der Waals surface area contributed by atoms with E-state index in [1.807, 2.05) is 35.4 Å². The number of aromatic amines is 1. The number of likely N-dealkylation sites (tertiary alicyclic amines) is 1. The molecule has 0 bridgehead atoms. The Balaban J connectivity index is 1.76. The van der Waals surface area contributed by atoms with Gasteiger partial charge in [-0.2, -0.15) is 0 Å². The first-order valence-electron chi connectivity index (χ1n) is 6.75. The molecule has 0 radical (unpaired) electrons. The molecule has 1 amide bonds. The lowest BCUT2D eigenvalue weighted by molar-refractivity contribution is 0.0785. The van der Waals surface area contributed by atoms with E-state index in [0.29, 0.717) is 5.92 Å². The van der Waals surface area contributed by atoms with E-state index < -0.39 is 0 Å². The highest BCUT2D eigenvalue weighted by molar-refractivity contribution is 5.98. The second kappa shape index (κ2) is 5.05. The molecule has 1 aliphatic rings. The lowest BCUT2D eigenvalue weighted by Crippen LogP contribution is -2.28. The number of H-pyrrole nitrogens is 1. The van der Waals surface area contributed by atoms with E-state index in [1.165, 1.54) is 0 Å². The number of carbonyl (C=O) groups is 1. The van der Waals surface area contributed by atoms with Gasteiger partial charge in [0.25, 0.3) is 5.91 Å². The van der Waals surface area contributed by atoms with Gasteiger partial charge in [0.15, 0.2) is 0 Å². The number of hydrogen-bond acceptors (Lipinski definition) is 2. The van der Waals surface area contributed by atoms with Gasteiger partial charge in [-0.3, -0.25) is 4.79 Å². The summed E-state index contributed by atoms with van der Waals surface area (Å²) in [4.78, 5) is 17.4. The van der Waals surface area contributed by atoms with Gasteiger partial charge in [-0.25, -0.2) is 0 Å². The van der Waals surface area contributed by atoms with Crippen LogP contribution in [-0.2, 0) is 0 Å². The lowest BCUT2D eigenvalue weighted by Gasteiger charge is -2.16. The third kappa shape index (κ3) is 2.36. The Morgan fingerprint density at radius 3 is 3.16 bits per heavy atom. The van der Waals surface area contributed by atoms with Crippen LogP contribution in [0.3, 0.4) is 0 Å². The smallest absolute Gasteiger partial charge is 0.253 e. The number of nitrogens with one attached hydrogen (secondary N) is 1. The number of rotatable bonds is 3. The number of benzene rings is 1. The highest BCUT2D eigenvalue weighted by Crippen LogP contribution is 2.22. The highest BCUT2D eigenvalue weighted by atomic mass is 16.3. The Labute approximate surface area is 112 Å². The molecule has 2 aromatic rings. The number of aliphatic hydroxyl groups is 1. The number of carbonyl (C=O) groups excluding carboxylic acids is 1. The molecule has 0 saturated carbocycles. The van der Waals surface area contributed by atoms with Crippen molar-refractivity contribution in [3.05, 3.63) is 36.0 Å². The molecule has 2 heterocycles. The molecule has 1 aromatic heterocycles. The molecule has 0 spiro atoms. The summed E-state index contributed by atoms with van der Waals surface area (Å²) in [6.07, 6.45) is 3.67. The summed E-state index contributed by atoms with van der Waals surface area (Å²) < 4.78 is 0. The molecule has 1 aromatic carbocycles. The van der Waals surface area contributed by atoms with Crippen molar-refractivity contribution in [1.82, 2.24) is 9.88 Å². The van der Waals surface area contributed by atoms with E-state index in [1.54, 1.807) is 0 Å². The number of fused-ring (bicyclic) bond motifs is 1. The molecule has 19 heavy (non-hydrogen) atoms. The van der Waals surface area contributed by atoms with Crippen LogP contribution in [-0.4, -0.2) is 40.6 Å². The minimum Gasteiger partial charge on any atom is -0.396 e. The normalized spacial score (nSPS) is 19.2. The first kappa shape index (κ1) is 12.2. The zero-order valence-corrected chi connectivity index (χ0v) is 10.8. The summed E-state index contributed by atoms with van der Waals surface area (Å²) in [6, 6.07) is 7.74. The molecule has 1 atom stereocenters. The topological polar surface area (TPSA) is 56.3 Å². The third-order valence-corrected chi connectivity index (χ3v) is 3.91. The predicted molar refractivity (Wildman–Crippen MR) is 74.0 cm³/mol. The molecule has 1 aliphatic heterocycles. The molecule has 1 fully saturated rings. The van der Waals surface area contributed by atoms with Gasteiger partial charge in [0, 0.05) is 42.4 Å². The predicted octanol–water partition coefficient (Wildman–Crippen LogP) is 2.01. The maximum Gasteiger partial charge on any atom is 0.253 e. The molecule has 2 N–H and O–H groups in total. The van der Waals surface area contributed by atoms with Gasteiger partial charge >= 0.3 is 0 Å². The lowest BCUT2D eigenvalue weighted by atomic mass is 10.1. The summed E-state index contributed by atoms with van der Waals surface area (Å²) >= 11 is 0. The standard InChI is InChI=1S/C15H18N2O2/c18-8-5-11-4-7-17(10-11)15(19)13-1-2-14-12(9-13)3-6-16-14/h1-3,6,9,11,16,18H,4-5,7-8,10H2. The third-order valence-electron chi connectivity index (χ3n) is 3.91. The Kier molecular flexibility index (Phi) is 3.25. The average Bonchev–Trinajstić information content (AvgIpc) is 3.05. The SMILES string of the molecule is O=C(c1ccc2[nH]ccc2c1)N1CCC(CCO)C1. The Hall–Kier alpha value is -1.81. The monoisotopic (exact) mass is 258 g/mol. The van der Waals surface area contributed by atoms with E-state index in [0.717, 1.165) is 42.4 Å². The number of amides is 1. The van der Waals surface area contributed by atoms with Gasteiger partial charge in [0.05, 0.1) is 0 Å². The van der Waals surface area contributed by atoms with Gasteiger partial charge in [0.2, 0.25) is 0 Å². The molecule has 0 aliphatic carbocycles. The van der Waals surface area contributed by atoms with Crippen molar-refractivity contribution in [2.45, 2.75) is 12.8 Å². The number of hydrogen-bond donors (Lipinski definition) is 2. The van der Waals surface area contributed by atoms with Crippen LogP contribution in [0.5, 0.6) is 0 Å². The number of aliphatic hydroxyl groups excluding tert-OH is 1. The molecule has 1 saturated heterocycles. The second-order valence-electron chi connectivity index (χ2n) is 5.20. The average molecular weight is 258 g/mol. The molecule has 1 unspecified atom stereocenters. The maximum absolute atomic E-state index is 12.4. The van der Waals surface area contributed by atoms with E-state index in [2.05, 4.69) is 4.98 Å². The number of nitrogens with zero attached hydrogens (tertiary/aromatic N) is 1. The first-order chi connectivity index (χ1) is 9.28. The van der Waals surface area contributed by atoms with Crippen LogP contribution in [0.2, 0.25) is 0 Å². The van der Waals surface area contributed by atoms with Crippen LogP contribution < -0.4 is 0 Å². The van der Waals surface area contributed by atoms with Crippen molar-refractivity contribution in [2.24, 2.45) is 5.92 Å². The van der Waals surface area contributed by atoms with Crippen molar-refractivity contribution in [1.29, 1.82) is 0 Å². The van der Waals surface area contributed by atoms with E-state index in [9.17, 15) is 4.79 Å². The van der Waals surface area contributed by atoms with Gasteiger partial charge < -0.3 is 15.0 Å². The Morgan fingerprint density at radius 2 is 2.32 bits per heavy atom. The zero-order chi connectivity index (χ0) is 13.2. The molecular weight excluding hydrogens is 240 g/mol. The maximum atomic E-state index is 12.4. The van der Waals surface area contributed by atoms with Gasteiger partial charge in [-0.05, 0) is 43.0 Å². The zero-order valence-electron chi connectivity index (χ0n) is 10.8. The van der Waals surface area contributed by atoms with Crippen LogP contribution >= 0.6 is 0 Å². The molecule has 4 heteroatoms. The molecule has 3 rings (SSSR count). The van der Waals surface area contributed by atoms with Crippen LogP contribution in [0.4, 0.5) is 0 Å². The van der Waals surface area contributed by atoms with E-state index >= 15 is 0 Å². The molecule has 4 nitrogen and oxygen atoms in total. The van der Waals surface area contributed by atoms with Crippen molar-refractivity contribution in [3.8, 4) is 0 Å². The number of aromatic nitrogens is 1. The van der Waals surface area contributed by atoms with E-state index in [-0.39, 0.29) is 12.5 Å². The fraction of sp³-hybridized carbons (Fsp3) is 0.400. The van der Waals surface area contributed by atoms with Crippen LogP contribution in [0.1, 0.15) is 23.2 Å².